The summed E-state index contributed by atoms with van der Waals surface area (Å²) in [7, 11) is 0. The van der Waals surface area contributed by atoms with Crippen LogP contribution in [0.4, 0.5) is 17.1 Å². The highest BCUT2D eigenvalue weighted by molar-refractivity contribution is 6.06. The molecule has 0 amide bonds. The molecule has 2 aliphatic carbocycles. The molecule has 11 rings (SSSR count). The van der Waals surface area contributed by atoms with Crippen LogP contribution in [-0.2, 0) is 10.8 Å². The molecule has 1 atom stereocenters. The van der Waals surface area contributed by atoms with Gasteiger partial charge in [-0.3, -0.25) is 0 Å². The summed E-state index contributed by atoms with van der Waals surface area (Å²) in [5.41, 5.74) is 19.9. The van der Waals surface area contributed by atoms with Crippen LogP contribution in [0.25, 0.3) is 55.3 Å². The minimum Gasteiger partial charge on any atom is -0.309 e. The Labute approximate surface area is 386 Å². The van der Waals surface area contributed by atoms with Gasteiger partial charge in [-0.1, -0.05) is 228 Å². The number of rotatable bonds is 8. The summed E-state index contributed by atoms with van der Waals surface area (Å²) >= 11 is 0. The van der Waals surface area contributed by atoms with Gasteiger partial charge in [0, 0.05) is 22.1 Å². The third kappa shape index (κ3) is 7.01. The summed E-state index contributed by atoms with van der Waals surface area (Å²) in [6.45, 7) is 9.41. The highest BCUT2D eigenvalue weighted by Crippen LogP contribution is 2.57. The molecule has 0 saturated heterocycles. The van der Waals surface area contributed by atoms with Gasteiger partial charge in [0.25, 0.3) is 0 Å². The minimum atomic E-state index is -0.309. The molecule has 0 radical (unpaired) electrons. The van der Waals surface area contributed by atoms with Gasteiger partial charge in [0.1, 0.15) is 0 Å². The molecule has 1 unspecified atom stereocenters. The van der Waals surface area contributed by atoms with Gasteiger partial charge in [-0.15, -0.1) is 0 Å². The van der Waals surface area contributed by atoms with Gasteiger partial charge in [-0.25, -0.2) is 0 Å². The van der Waals surface area contributed by atoms with E-state index in [0.717, 1.165) is 11.4 Å². The maximum Gasteiger partial charge on any atom is 0.0543 e. The van der Waals surface area contributed by atoms with Gasteiger partial charge in [0.05, 0.1) is 17.1 Å². The summed E-state index contributed by atoms with van der Waals surface area (Å²) in [6, 6.07) is 77.7. The Morgan fingerprint density at radius 2 is 1.00 bits per heavy atom. The van der Waals surface area contributed by atoms with Gasteiger partial charge in [-0.2, -0.15) is 0 Å². The molecule has 0 heterocycles. The van der Waals surface area contributed by atoms with Crippen LogP contribution >= 0.6 is 0 Å². The molecular formula is C64H57N. The number of hydrogen-bond acceptors (Lipinski definition) is 1. The molecule has 9 aromatic rings. The van der Waals surface area contributed by atoms with E-state index < -0.39 is 0 Å². The summed E-state index contributed by atoms with van der Waals surface area (Å²) in [6.07, 6.45) is 6.44. The van der Waals surface area contributed by atoms with E-state index in [4.69, 9.17) is 0 Å². The summed E-state index contributed by atoms with van der Waals surface area (Å²) in [5, 5.41) is 2.71. The van der Waals surface area contributed by atoms with Crippen LogP contribution in [-0.4, -0.2) is 0 Å². The normalized spacial score (nSPS) is 16.0. The molecule has 1 fully saturated rings. The van der Waals surface area contributed by atoms with Crippen LogP contribution in [0.1, 0.15) is 93.5 Å². The fourth-order valence-electron chi connectivity index (χ4n) is 11.4. The van der Waals surface area contributed by atoms with Crippen molar-refractivity contribution < 1.29 is 0 Å². The molecular weight excluding hydrogens is 783 g/mol. The molecule has 1 saturated carbocycles. The van der Waals surface area contributed by atoms with E-state index in [9.17, 15) is 0 Å². The van der Waals surface area contributed by atoms with Crippen molar-refractivity contribution in [3.8, 4) is 44.5 Å². The van der Waals surface area contributed by atoms with E-state index in [1.165, 1.54) is 121 Å². The molecule has 1 heteroatoms. The average molecular weight is 840 g/mol. The Morgan fingerprint density at radius 3 is 1.71 bits per heavy atom. The summed E-state index contributed by atoms with van der Waals surface area (Å²) in [5.74, 6) is 0.565. The highest BCUT2D eigenvalue weighted by Gasteiger charge is 2.42. The molecule has 0 aliphatic heterocycles. The first-order chi connectivity index (χ1) is 31.8. The minimum absolute atomic E-state index is 0.0783. The number of hydrogen-bond donors (Lipinski definition) is 0. The Kier molecular flexibility index (Phi) is 10.4. The van der Waals surface area contributed by atoms with Crippen molar-refractivity contribution in [1.29, 1.82) is 0 Å². The molecule has 2 aliphatic rings. The third-order valence-electron chi connectivity index (χ3n) is 14.7. The van der Waals surface area contributed by atoms with E-state index in [1.54, 1.807) is 0 Å². The van der Waals surface area contributed by atoms with Crippen molar-refractivity contribution in [2.45, 2.75) is 76.5 Å². The smallest absolute Gasteiger partial charge is 0.0543 e. The lowest BCUT2D eigenvalue weighted by Crippen LogP contribution is -2.22. The quantitative estimate of drug-likeness (QED) is 0.147. The monoisotopic (exact) mass is 839 g/mol. The first-order valence-electron chi connectivity index (χ1n) is 23.8. The topological polar surface area (TPSA) is 3.24 Å². The Balaban J connectivity index is 1.22. The van der Waals surface area contributed by atoms with Crippen molar-refractivity contribution in [2.75, 3.05) is 4.90 Å². The third-order valence-corrected chi connectivity index (χ3v) is 14.7. The maximum absolute atomic E-state index is 2.61. The van der Waals surface area contributed by atoms with Gasteiger partial charge < -0.3 is 4.90 Å². The second-order valence-electron chi connectivity index (χ2n) is 19.6. The van der Waals surface area contributed by atoms with Crippen LogP contribution in [0.2, 0.25) is 0 Å². The van der Waals surface area contributed by atoms with Crippen LogP contribution in [0.15, 0.2) is 206 Å². The van der Waals surface area contributed by atoms with E-state index in [-0.39, 0.29) is 10.8 Å². The van der Waals surface area contributed by atoms with Crippen LogP contribution in [0, 0.1) is 0 Å². The van der Waals surface area contributed by atoms with Crippen LogP contribution in [0.5, 0.6) is 0 Å². The zero-order chi connectivity index (χ0) is 44.1. The Bertz CT molecular complexity index is 3180. The molecule has 0 aromatic heterocycles. The zero-order valence-electron chi connectivity index (χ0n) is 38.2. The Hall–Kier alpha value is -6.96. The molecule has 0 bridgehead atoms. The maximum atomic E-state index is 2.61. The van der Waals surface area contributed by atoms with Crippen molar-refractivity contribution in [1.82, 2.24) is 0 Å². The molecule has 65 heavy (non-hydrogen) atoms. The van der Waals surface area contributed by atoms with Crippen LogP contribution in [0.3, 0.4) is 0 Å². The lowest BCUT2D eigenvalue weighted by Gasteiger charge is -2.34. The largest absolute Gasteiger partial charge is 0.309 e. The molecule has 0 N–H and O–H groups in total. The molecule has 9 aromatic carbocycles. The Morgan fingerprint density at radius 1 is 0.446 bits per heavy atom. The van der Waals surface area contributed by atoms with Gasteiger partial charge in [0.15, 0.2) is 0 Å². The number of benzene rings is 9. The van der Waals surface area contributed by atoms with E-state index >= 15 is 0 Å². The number of para-hydroxylation sites is 2. The van der Waals surface area contributed by atoms with Gasteiger partial charge in [0.2, 0.25) is 0 Å². The van der Waals surface area contributed by atoms with Crippen molar-refractivity contribution in [3.63, 3.8) is 0 Å². The lowest BCUT2D eigenvalue weighted by atomic mass is 9.74. The fourth-order valence-corrected chi connectivity index (χ4v) is 11.4. The standard InChI is InChI=1S/C64H57N/c1-63(2,3)48-41-42-49(44-23-8-5-9-24-44)60(43-48)65(58-39-18-15-31-51(58)53-35-21-28-46-27-20-34-50(61(46)53)45-25-10-6-11-26-45)59-40-19-16-32-52(59)54-36-22-38-57-62(54)55-33-14-17-37-56(55)64(57,4)47-29-12-7-13-30-47/h5,7-9,12-24,27-43,45H,6,10-11,25-26H2,1-4H3. The van der Waals surface area contributed by atoms with Crippen molar-refractivity contribution in [3.05, 3.63) is 234 Å². The van der Waals surface area contributed by atoms with E-state index in [2.05, 4.69) is 239 Å². The van der Waals surface area contributed by atoms with Crippen molar-refractivity contribution >= 4 is 27.8 Å². The first kappa shape index (κ1) is 40.8. The van der Waals surface area contributed by atoms with Crippen molar-refractivity contribution in [2.24, 2.45) is 0 Å². The lowest BCUT2D eigenvalue weighted by molar-refractivity contribution is 0.445. The number of fused-ring (bicyclic) bond motifs is 4. The number of nitrogens with zero attached hydrogens (tertiary/aromatic N) is 1. The average Bonchev–Trinajstić information content (AvgIpc) is 3.63. The van der Waals surface area contributed by atoms with Crippen LogP contribution < -0.4 is 4.90 Å². The SMILES string of the molecule is CC(C)(C)c1ccc(-c2ccccc2)c(N(c2ccccc2-c2cccc3c2-c2ccccc2C3(C)c2ccccc2)c2ccccc2-c2cccc3cccc(C4CCCCC4)c23)c1. The molecule has 318 valence electrons. The number of anilines is 3. The van der Waals surface area contributed by atoms with Gasteiger partial charge >= 0.3 is 0 Å². The highest BCUT2D eigenvalue weighted by atomic mass is 15.2. The molecule has 1 nitrogen and oxygen atoms in total. The summed E-state index contributed by atoms with van der Waals surface area (Å²) in [4.78, 5) is 2.61. The predicted octanol–water partition coefficient (Wildman–Crippen LogP) is 18.0. The predicted molar refractivity (Wildman–Crippen MR) is 277 cm³/mol. The van der Waals surface area contributed by atoms with E-state index in [0.29, 0.717) is 5.92 Å². The summed E-state index contributed by atoms with van der Waals surface area (Å²) < 4.78 is 0. The van der Waals surface area contributed by atoms with Gasteiger partial charge in [-0.05, 0) is 116 Å². The zero-order valence-corrected chi connectivity index (χ0v) is 38.2. The second-order valence-corrected chi connectivity index (χ2v) is 19.6. The second kappa shape index (κ2) is 16.5. The van der Waals surface area contributed by atoms with E-state index in [1.807, 2.05) is 0 Å². The fraction of sp³-hybridized carbons (Fsp3) is 0.188. The molecule has 0 spiro atoms. The first-order valence-corrected chi connectivity index (χ1v) is 23.8.